The number of fused-ring (bicyclic) bond motifs is 1. The van der Waals surface area contributed by atoms with E-state index in [4.69, 9.17) is 4.74 Å². The molecule has 2 aromatic heterocycles. The first-order chi connectivity index (χ1) is 13.1. The molecule has 0 aliphatic carbocycles. The van der Waals surface area contributed by atoms with Crippen LogP contribution in [0.4, 0.5) is 10.2 Å². The molecule has 4 heterocycles. The van der Waals surface area contributed by atoms with Crippen LogP contribution < -0.4 is 10.2 Å². The quantitative estimate of drug-likeness (QED) is 0.847. The van der Waals surface area contributed by atoms with E-state index >= 15 is 4.39 Å². The van der Waals surface area contributed by atoms with Crippen LogP contribution in [0.25, 0.3) is 11.2 Å². The number of ether oxygens (including phenoxy) is 1. The largest absolute Gasteiger partial charge is 0.381 e. The van der Waals surface area contributed by atoms with Gasteiger partial charge in [-0.2, -0.15) is 0 Å². The minimum atomic E-state index is -1.39. The number of nitrogens with one attached hydrogen (secondary N) is 1. The van der Waals surface area contributed by atoms with Crippen LogP contribution in [0, 0.1) is 5.92 Å². The van der Waals surface area contributed by atoms with Crippen LogP contribution >= 0.6 is 0 Å². The maximum absolute atomic E-state index is 15.2. The van der Waals surface area contributed by atoms with Crippen LogP contribution in [-0.4, -0.2) is 63.9 Å². The molecule has 9 heteroatoms. The van der Waals surface area contributed by atoms with Gasteiger partial charge >= 0.3 is 0 Å². The summed E-state index contributed by atoms with van der Waals surface area (Å²) in [4.78, 5) is 27.3. The number of aromatic nitrogens is 4. The smallest absolute Gasteiger partial charge is 0.225 e. The van der Waals surface area contributed by atoms with Gasteiger partial charge in [0.2, 0.25) is 5.91 Å². The Kier molecular flexibility index (Phi) is 4.94. The number of rotatable bonds is 5. The van der Waals surface area contributed by atoms with Gasteiger partial charge in [-0.3, -0.25) is 4.79 Å². The third kappa shape index (κ3) is 3.60. The van der Waals surface area contributed by atoms with Crippen LogP contribution in [0.5, 0.6) is 0 Å². The molecule has 27 heavy (non-hydrogen) atoms. The molecule has 2 fully saturated rings. The molecule has 2 aliphatic rings. The molecule has 2 aromatic rings. The van der Waals surface area contributed by atoms with Gasteiger partial charge in [-0.1, -0.05) is 0 Å². The molecule has 0 spiro atoms. The van der Waals surface area contributed by atoms with Crippen molar-refractivity contribution in [2.45, 2.75) is 38.4 Å². The summed E-state index contributed by atoms with van der Waals surface area (Å²) >= 11 is 0. The Morgan fingerprint density at radius 3 is 2.89 bits per heavy atom. The molecule has 0 saturated carbocycles. The van der Waals surface area contributed by atoms with E-state index in [2.05, 4.69) is 25.2 Å². The summed E-state index contributed by atoms with van der Waals surface area (Å²) in [6, 6.07) is 0. The van der Waals surface area contributed by atoms with Gasteiger partial charge in [-0.25, -0.2) is 19.3 Å². The van der Waals surface area contributed by atoms with Crippen molar-refractivity contribution in [3.05, 3.63) is 12.7 Å². The van der Waals surface area contributed by atoms with Crippen molar-refractivity contribution in [2.24, 2.45) is 5.92 Å². The lowest BCUT2D eigenvalue weighted by atomic mass is 9.93. The number of piperidine rings is 1. The van der Waals surface area contributed by atoms with Crippen LogP contribution in [0.1, 0.15) is 26.2 Å². The summed E-state index contributed by atoms with van der Waals surface area (Å²) in [6.45, 7) is 4.98. The molecule has 4 rings (SSSR count). The molecule has 8 nitrogen and oxygen atoms in total. The molecule has 146 valence electrons. The van der Waals surface area contributed by atoms with E-state index in [0.717, 1.165) is 23.5 Å². The van der Waals surface area contributed by atoms with Gasteiger partial charge in [0.05, 0.1) is 25.4 Å². The number of halogens is 1. The minimum absolute atomic E-state index is 0.0554. The highest BCUT2D eigenvalue weighted by Crippen LogP contribution is 2.30. The second-order valence-corrected chi connectivity index (χ2v) is 7.32. The fourth-order valence-electron chi connectivity index (χ4n) is 3.76. The number of carbonyl (C=O) groups excluding carboxylic acids is 1. The van der Waals surface area contributed by atoms with Gasteiger partial charge in [0, 0.05) is 39.1 Å². The van der Waals surface area contributed by atoms with Crippen molar-refractivity contribution in [3.63, 3.8) is 0 Å². The molecule has 0 aromatic carbocycles. The topological polar surface area (TPSA) is 85.2 Å². The zero-order chi connectivity index (χ0) is 18.9. The van der Waals surface area contributed by atoms with Gasteiger partial charge in [0.1, 0.15) is 12.0 Å². The minimum Gasteiger partial charge on any atom is -0.381 e. The molecule has 0 bridgehead atoms. The SMILES string of the molecule is CCn1cnc2c(N3CCC(F)(CNC(=O)C4CCOC4)CC3)ncnc21. The summed E-state index contributed by atoms with van der Waals surface area (Å²) in [5.41, 5.74) is 0.159. The number of aryl methyl sites for hydroxylation is 1. The number of carbonyl (C=O) groups is 1. The maximum atomic E-state index is 15.2. The Hall–Kier alpha value is -2.29. The van der Waals surface area contributed by atoms with Crippen LogP contribution in [0.2, 0.25) is 0 Å². The molecular weight excluding hydrogens is 351 g/mol. The predicted molar refractivity (Wildman–Crippen MR) is 98.2 cm³/mol. The monoisotopic (exact) mass is 376 g/mol. The summed E-state index contributed by atoms with van der Waals surface area (Å²) in [6.07, 6.45) is 4.69. The zero-order valence-electron chi connectivity index (χ0n) is 15.5. The number of nitrogens with zero attached hydrogens (tertiary/aromatic N) is 5. The number of hydrogen-bond donors (Lipinski definition) is 1. The number of alkyl halides is 1. The summed E-state index contributed by atoms with van der Waals surface area (Å²) < 4.78 is 22.3. The van der Waals surface area contributed by atoms with Crippen molar-refractivity contribution >= 4 is 22.9 Å². The Labute approximate surface area is 157 Å². The highest BCUT2D eigenvalue weighted by atomic mass is 19.1. The lowest BCUT2D eigenvalue weighted by Crippen LogP contribution is -2.49. The molecular formula is C18H25FN6O2. The van der Waals surface area contributed by atoms with Crippen molar-refractivity contribution in [1.29, 1.82) is 0 Å². The number of imidazole rings is 1. The fraction of sp³-hybridized carbons (Fsp3) is 0.667. The van der Waals surface area contributed by atoms with E-state index < -0.39 is 5.67 Å². The van der Waals surface area contributed by atoms with Crippen LogP contribution in [0.3, 0.4) is 0 Å². The van der Waals surface area contributed by atoms with Crippen molar-refractivity contribution in [3.8, 4) is 0 Å². The second-order valence-electron chi connectivity index (χ2n) is 7.32. The first-order valence-electron chi connectivity index (χ1n) is 9.55. The fourth-order valence-corrected chi connectivity index (χ4v) is 3.76. The molecule has 1 N–H and O–H groups in total. The summed E-state index contributed by atoms with van der Waals surface area (Å²) in [7, 11) is 0. The second kappa shape index (κ2) is 7.38. The van der Waals surface area contributed by atoms with Gasteiger partial charge < -0.3 is 19.5 Å². The van der Waals surface area contributed by atoms with Gasteiger partial charge in [-0.05, 0) is 13.3 Å². The van der Waals surface area contributed by atoms with Crippen LogP contribution in [-0.2, 0) is 16.1 Å². The normalized spacial score (nSPS) is 22.3. The Morgan fingerprint density at radius 1 is 1.37 bits per heavy atom. The molecule has 1 atom stereocenters. The number of anilines is 1. The Morgan fingerprint density at radius 2 is 2.19 bits per heavy atom. The lowest BCUT2D eigenvalue weighted by molar-refractivity contribution is -0.125. The van der Waals surface area contributed by atoms with E-state index in [9.17, 15) is 4.79 Å². The average molecular weight is 376 g/mol. The van der Waals surface area contributed by atoms with Gasteiger partial charge in [0.25, 0.3) is 0 Å². The number of hydrogen-bond acceptors (Lipinski definition) is 6. The summed E-state index contributed by atoms with van der Waals surface area (Å²) in [5.74, 6) is 0.507. The van der Waals surface area contributed by atoms with Crippen molar-refractivity contribution in [1.82, 2.24) is 24.8 Å². The predicted octanol–water partition coefficient (Wildman–Crippen LogP) is 1.31. The van der Waals surface area contributed by atoms with Crippen LogP contribution in [0.15, 0.2) is 12.7 Å². The van der Waals surface area contributed by atoms with Crippen molar-refractivity contribution < 1.29 is 13.9 Å². The Bertz CT molecular complexity index is 811. The molecule has 1 amide bonds. The molecule has 2 aliphatic heterocycles. The first kappa shape index (κ1) is 18.1. The summed E-state index contributed by atoms with van der Waals surface area (Å²) in [5, 5.41) is 2.78. The Balaban J connectivity index is 1.38. The standard InChI is InChI=1S/C18H25FN6O2/c1-2-24-12-23-14-15(24)21-11-22-16(14)25-6-4-18(19,5-7-25)10-20-17(26)13-3-8-27-9-13/h11-13H,2-10H2,1H3,(H,20,26). The third-order valence-corrected chi connectivity index (χ3v) is 5.56. The van der Waals surface area contributed by atoms with Gasteiger partial charge in [-0.15, -0.1) is 0 Å². The maximum Gasteiger partial charge on any atom is 0.225 e. The van der Waals surface area contributed by atoms with E-state index in [1.807, 2.05) is 11.5 Å². The molecule has 1 unspecified atom stereocenters. The van der Waals surface area contributed by atoms with Crippen molar-refractivity contribution in [2.75, 3.05) is 37.7 Å². The number of amides is 1. The highest BCUT2D eigenvalue weighted by molar-refractivity contribution is 5.83. The highest BCUT2D eigenvalue weighted by Gasteiger charge is 2.36. The molecule has 2 saturated heterocycles. The molecule has 0 radical (unpaired) electrons. The van der Waals surface area contributed by atoms with E-state index in [1.54, 1.807) is 6.33 Å². The first-order valence-corrected chi connectivity index (χ1v) is 9.55. The van der Waals surface area contributed by atoms with E-state index in [0.29, 0.717) is 45.6 Å². The van der Waals surface area contributed by atoms with Gasteiger partial charge in [0.15, 0.2) is 17.0 Å². The lowest BCUT2D eigenvalue weighted by Gasteiger charge is -2.37. The third-order valence-electron chi connectivity index (χ3n) is 5.56. The zero-order valence-corrected chi connectivity index (χ0v) is 15.5. The van der Waals surface area contributed by atoms with E-state index in [1.165, 1.54) is 6.33 Å². The average Bonchev–Trinajstić information content (AvgIpc) is 3.36. The van der Waals surface area contributed by atoms with E-state index in [-0.39, 0.29) is 18.4 Å².